The third-order valence-electron chi connectivity index (χ3n) is 1.40. The number of rotatable bonds is 1. The molecule has 0 aromatic carbocycles. The number of amides is 1. The van der Waals surface area contributed by atoms with Gasteiger partial charge < -0.3 is 5.11 Å². The summed E-state index contributed by atoms with van der Waals surface area (Å²) in [6, 6.07) is 0. The monoisotopic (exact) mass is 162 g/mol. The van der Waals surface area contributed by atoms with Crippen molar-refractivity contribution in [2.75, 3.05) is 0 Å². The molecule has 0 aromatic heterocycles. The molecule has 1 radical (unpaired) electrons. The van der Waals surface area contributed by atoms with Crippen molar-refractivity contribution in [2.45, 2.75) is 6.42 Å². The molecule has 0 heterocycles. The van der Waals surface area contributed by atoms with E-state index in [4.69, 9.17) is 11.5 Å². The summed E-state index contributed by atoms with van der Waals surface area (Å²) < 4.78 is 0. The van der Waals surface area contributed by atoms with Crippen molar-refractivity contribution in [1.29, 1.82) is 0 Å². The molecule has 0 fully saturated rings. The lowest BCUT2D eigenvalue weighted by Gasteiger charge is -2.09. The van der Waals surface area contributed by atoms with Crippen LogP contribution >= 0.6 is 0 Å². The van der Waals surface area contributed by atoms with E-state index in [2.05, 4.69) is 11.2 Å². The minimum Gasteiger partial charge on any atom is -0.465 e. The second-order valence-electron chi connectivity index (χ2n) is 2.27. The van der Waals surface area contributed by atoms with Gasteiger partial charge in [-0.25, -0.2) is 4.79 Å². The number of carbonyl (C=O) groups is 1. The molecule has 2 N–H and O–H groups in total. The predicted molar refractivity (Wildman–Crippen MR) is 45.1 cm³/mol. The maximum atomic E-state index is 10.2. The van der Waals surface area contributed by atoms with Crippen molar-refractivity contribution in [2.24, 2.45) is 0 Å². The maximum absolute atomic E-state index is 10.2. The highest BCUT2D eigenvalue weighted by Gasteiger charge is 2.06. The Morgan fingerprint density at radius 3 is 3.08 bits per heavy atom. The summed E-state index contributed by atoms with van der Waals surface area (Å²) in [5.74, 6) is 2.44. The van der Waals surface area contributed by atoms with Gasteiger partial charge in [0.25, 0.3) is 0 Å². The molecule has 1 rings (SSSR count). The van der Waals surface area contributed by atoms with Crippen molar-refractivity contribution in [3.63, 3.8) is 0 Å². The molecule has 1 aliphatic rings. The highest BCUT2D eigenvalue weighted by molar-refractivity contribution is 5.68. The number of allylic oxidation sites excluding steroid dienone is 4. The normalized spacial score (nSPS) is 15.6. The molecule has 0 bridgehead atoms. The van der Waals surface area contributed by atoms with Crippen LogP contribution in [0.25, 0.3) is 0 Å². The van der Waals surface area contributed by atoms with Crippen LogP contribution in [0.2, 0.25) is 0 Å². The van der Waals surface area contributed by atoms with Gasteiger partial charge in [-0.3, -0.25) is 5.32 Å². The molecule has 0 aromatic rings. The molecule has 0 unspecified atom stereocenters. The Morgan fingerprint density at radius 2 is 2.50 bits per heavy atom. The van der Waals surface area contributed by atoms with Crippen LogP contribution in [0.4, 0.5) is 4.79 Å². The number of terminal acetylenes is 1. The molecule has 12 heavy (non-hydrogen) atoms. The number of nitrogens with one attached hydrogen (secondary N) is 1. The first-order chi connectivity index (χ1) is 5.72. The molecule has 61 valence electrons. The lowest BCUT2D eigenvalue weighted by molar-refractivity contribution is 0.197. The average molecular weight is 162 g/mol. The van der Waals surface area contributed by atoms with E-state index >= 15 is 0 Å². The van der Waals surface area contributed by atoms with E-state index < -0.39 is 6.09 Å². The van der Waals surface area contributed by atoms with E-state index in [1.165, 1.54) is 0 Å². The Balaban J connectivity index is 2.68. The van der Waals surface area contributed by atoms with E-state index in [0.29, 0.717) is 17.7 Å². The average Bonchev–Trinajstić information content (AvgIpc) is 2.03. The third kappa shape index (κ3) is 2.17. The zero-order chi connectivity index (χ0) is 8.97. The molecular formula is C9H8NO2. The number of carboxylic acid groups (broad SMARTS) is 1. The second kappa shape index (κ2) is 3.63. The smallest absolute Gasteiger partial charge is 0.408 e. The van der Waals surface area contributed by atoms with Gasteiger partial charge in [0, 0.05) is 17.7 Å². The largest absolute Gasteiger partial charge is 0.465 e. The van der Waals surface area contributed by atoms with Gasteiger partial charge in [0.05, 0.1) is 0 Å². The first-order valence-corrected chi connectivity index (χ1v) is 3.44. The minimum absolute atomic E-state index is 0.540. The molecule has 0 saturated heterocycles. The summed E-state index contributed by atoms with van der Waals surface area (Å²) >= 11 is 0. The van der Waals surface area contributed by atoms with Crippen molar-refractivity contribution < 1.29 is 9.90 Å². The molecule has 1 amide bonds. The Labute approximate surface area is 70.8 Å². The van der Waals surface area contributed by atoms with Gasteiger partial charge in [0.15, 0.2) is 0 Å². The maximum Gasteiger partial charge on any atom is 0.408 e. The fraction of sp³-hybridized carbons (Fsp3) is 0.111. The van der Waals surface area contributed by atoms with Crippen LogP contribution in [0.3, 0.4) is 0 Å². The van der Waals surface area contributed by atoms with Gasteiger partial charge in [-0.05, 0) is 12.5 Å². The fourth-order valence-electron chi connectivity index (χ4n) is 0.909. The third-order valence-corrected chi connectivity index (χ3v) is 1.40. The first-order valence-electron chi connectivity index (χ1n) is 3.44. The Hall–Kier alpha value is -1.69. The van der Waals surface area contributed by atoms with Gasteiger partial charge in [-0.15, -0.1) is 6.42 Å². The summed E-state index contributed by atoms with van der Waals surface area (Å²) in [5.41, 5.74) is 1.25. The van der Waals surface area contributed by atoms with Gasteiger partial charge in [-0.1, -0.05) is 12.0 Å². The SMILES string of the molecule is C#CC1=CC[CH]C(NC(=O)O)=C1. The van der Waals surface area contributed by atoms with Gasteiger partial charge in [-0.2, -0.15) is 0 Å². The standard InChI is InChI=1S/C9H8NO2/c1-2-7-4-3-5-8(6-7)10-9(11)12/h1,4-6,10H,3H2,(H,11,12). The molecule has 0 aliphatic heterocycles. The summed E-state index contributed by atoms with van der Waals surface area (Å²) in [7, 11) is 0. The number of hydrogen-bond donors (Lipinski definition) is 2. The molecular weight excluding hydrogens is 154 g/mol. The molecule has 1 aliphatic carbocycles. The molecule has 0 spiro atoms. The predicted octanol–water partition coefficient (Wildman–Crippen LogP) is 1.31. The van der Waals surface area contributed by atoms with E-state index in [-0.39, 0.29) is 0 Å². The van der Waals surface area contributed by atoms with Gasteiger partial charge in [0.1, 0.15) is 0 Å². The van der Waals surface area contributed by atoms with Crippen molar-refractivity contribution in [1.82, 2.24) is 5.32 Å². The van der Waals surface area contributed by atoms with Crippen molar-refractivity contribution in [3.8, 4) is 12.3 Å². The fourth-order valence-corrected chi connectivity index (χ4v) is 0.909. The Kier molecular flexibility index (Phi) is 2.54. The van der Waals surface area contributed by atoms with Crippen LogP contribution in [0.1, 0.15) is 6.42 Å². The summed E-state index contributed by atoms with van der Waals surface area (Å²) in [4.78, 5) is 10.2. The van der Waals surface area contributed by atoms with E-state index in [9.17, 15) is 4.79 Å². The molecule has 3 nitrogen and oxygen atoms in total. The van der Waals surface area contributed by atoms with Crippen molar-refractivity contribution in [3.05, 3.63) is 29.8 Å². The van der Waals surface area contributed by atoms with Crippen LogP contribution in [0.5, 0.6) is 0 Å². The van der Waals surface area contributed by atoms with Crippen molar-refractivity contribution >= 4 is 6.09 Å². The van der Waals surface area contributed by atoms with Gasteiger partial charge in [0.2, 0.25) is 0 Å². The zero-order valence-corrected chi connectivity index (χ0v) is 6.37. The topological polar surface area (TPSA) is 49.3 Å². The van der Waals surface area contributed by atoms with Crippen LogP contribution in [0, 0.1) is 18.8 Å². The highest BCUT2D eigenvalue weighted by atomic mass is 16.4. The minimum atomic E-state index is -1.07. The molecule has 0 atom stereocenters. The quantitative estimate of drug-likeness (QED) is 0.571. The first kappa shape index (κ1) is 8.41. The number of hydrogen-bond acceptors (Lipinski definition) is 1. The van der Waals surface area contributed by atoms with E-state index in [1.807, 2.05) is 6.08 Å². The van der Waals surface area contributed by atoms with Crippen LogP contribution < -0.4 is 5.32 Å². The summed E-state index contributed by atoms with van der Waals surface area (Å²) in [6.45, 7) is 0. The summed E-state index contributed by atoms with van der Waals surface area (Å²) in [5, 5.41) is 10.6. The Morgan fingerprint density at radius 1 is 1.75 bits per heavy atom. The van der Waals surface area contributed by atoms with E-state index in [1.54, 1.807) is 12.5 Å². The van der Waals surface area contributed by atoms with Crippen LogP contribution in [-0.2, 0) is 0 Å². The lowest BCUT2D eigenvalue weighted by Crippen LogP contribution is -2.21. The lowest BCUT2D eigenvalue weighted by atomic mass is 10.1. The Bertz CT molecular complexity index is 294. The molecule has 0 saturated carbocycles. The van der Waals surface area contributed by atoms with Crippen LogP contribution in [-0.4, -0.2) is 11.2 Å². The van der Waals surface area contributed by atoms with Gasteiger partial charge >= 0.3 is 6.09 Å². The highest BCUT2D eigenvalue weighted by Crippen LogP contribution is 2.13. The van der Waals surface area contributed by atoms with Crippen LogP contribution in [0.15, 0.2) is 23.4 Å². The zero-order valence-electron chi connectivity index (χ0n) is 6.37. The second-order valence-corrected chi connectivity index (χ2v) is 2.27. The molecule has 3 heteroatoms. The van der Waals surface area contributed by atoms with E-state index in [0.717, 1.165) is 0 Å². The summed E-state index contributed by atoms with van der Waals surface area (Å²) in [6.07, 6.45) is 9.98.